The normalized spacial score (nSPS) is 21.2. The van der Waals surface area contributed by atoms with Crippen molar-refractivity contribution in [1.29, 1.82) is 0 Å². The maximum Gasteiger partial charge on any atom is 0.574 e. The highest BCUT2D eigenvalue weighted by molar-refractivity contribution is 7.30. The third-order valence-corrected chi connectivity index (χ3v) is 7.02. The highest BCUT2D eigenvalue weighted by Gasteiger charge is 2.45. The first-order valence-electron chi connectivity index (χ1n) is 8.43. The van der Waals surface area contributed by atoms with Gasteiger partial charge in [0.1, 0.15) is 11.2 Å². The van der Waals surface area contributed by atoms with Crippen LogP contribution in [0.2, 0.25) is 0 Å². The lowest BCUT2D eigenvalue weighted by Crippen LogP contribution is -2.32. The van der Waals surface area contributed by atoms with E-state index in [0.717, 1.165) is 19.3 Å². The molecule has 134 valence electrons. The molecule has 2 aliphatic heterocycles. The van der Waals surface area contributed by atoms with Gasteiger partial charge in [-0.3, -0.25) is 0 Å². The van der Waals surface area contributed by atoms with Crippen molar-refractivity contribution in [2.75, 3.05) is 0 Å². The van der Waals surface area contributed by atoms with Crippen molar-refractivity contribution in [3.05, 3.63) is 48.9 Å². The molecular weight excluding hydrogens is 366 g/mol. The van der Waals surface area contributed by atoms with Crippen LogP contribution >= 0.6 is 22.7 Å². The van der Waals surface area contributed by atoms with E-state index in [9.17, 15) is 0 Å². The molecule has 2 aromatic heterocycles. The molecule has 0 aliphatic carbocycles. The van der Waals surface area contributed by atoms with E-state index >= 15 is 0 Å². The molecule has 26 heavy (non-hydrogen) atoms. The Bertz CT molecular complexity index is 811. The average Bonchev–Trinajstić information content (AvgIpc) is 3.28. The minimum Gasteiger partial charge on any atom is -0.533 e. The Morgan fingerprint density at radius 2 is 1.12 bits per heavy atom. The lowest BCUT2D eigenvalue weighted by molar-refractivity contribution is 0.173. The van der Waals surface area contributed by atoms with Crippen molar-refractivity contribution in [2.45, 2.75) is 38.9 Å². The molecule has 0 unspecified atom stereocenters. The van der Waals surface area contributed by atoms with Crippen molar-refractivity contribution in [3.63, 3.8) is 0 Å². The zero-order chi connectivity index (χ0) is 18.7. The molecule has 0 bridgehead atoms. The highest BCUT2D eigenvalue weighted by Crippen LogP contribution is 2.34. The average molecular weight is 386 g/mol. The van der Waals surface area contributed by atoms with Gasteiger partial charge in [-0.15, -0.1) is 22.7 Å². The van der Waals surface area contributed by atoms with E-state index < -0.39 is 11.2 Å². The molecule has 2 aromatic rings. The second-order valence-electron chi connectivity index (χ2n) is 7.41. The summed E-state index contributed by atoms with van der Waals surface area (Å²) >= 11 is 3.32. The van der Waals surface area contributed by atoms with Gasteiger partial charge in [-0.05, 0) is 52.0 Å². The Hall–Kier alpha value is -1.47. The van der Waals surface area contributed by atoms with Gasteiger partial charge in [-0.1, -0.05) is 13.2 Å². The van der Waals surface area contributed by atoms with Gasteiger partial charge in [-0.2, -0.15) is 0 Å². The van der Waals surface area contributed by atoms with E-state index in [1.54, 1.807) is 22.7 Å². The third-order valence-electron chi connectivity index (χ3n) is 4.61. The summed E-state index contributed by atoms with van der Waals surface area (Å²) in [6.07, 6.45) is 0. The quantitative estimate of drug-likeness (QED) is 0.757. The maximum atomic E-state index is 5.96. The maximum absolute atomic E-state index is 5.96. The molecule has 2 fully saturated rings. The topological polar surface area (TPSA) is 36.9 Å². The fourth-order valence-corrected chi connectivity index (χ4v) is 4.74. The van der Waals surface area contributed by atoms with Crippen LogP contribution in [-0.4, -0.2) is 25.4 Å². The van der Waals surface area contributed by atoms with Gasteiger partial charge in [0.05, 0.1) is 21.1 Å². The molecule has 4 heterocycles. The number of hydrogen-bond acceptors (Lipinski definition) is 6. The Balaban J connectivity index is 1.52. The second-order valence-corrected chi connectivity index (χ2v) is 9.64. The van der Waals surface area contributed by atoms with Crippen LogP contribution in [0, 0.1) is 0 Å². The van der Waals surface area contributed by atoms with E-state index in [4.69, 9.17) is 18.6 Å². The molecular formula is C18H20B2O4S2. The lowest BCUT2D eigenvalue weighted by Gasteiger charge is -2.15. The molecule has 4 rings (SSSR count). The smallest absolute Gasteiger partial charge is 0.533 e. The summed E-state index contributed by atoms with van der Waals surface area (Å²) in [6.45, 7) is 15.7. The molecule has 0 radical (unpaired) electrons. The van der Waals surface area contributed by atoms with E-state index in [2.05, 4.69) is 25.3 Å². The summed E-state index contributed by atoms with van der Waals surface area (Å²) in [5.74, 6) is 1.32. The molecule has 2 aliphatic rings. The minimum atomic E-state index is -0.461. The summed E-state index contributed by atoms with van der Waals surface area (Å²) in [4.78, 5) is 2.32. The second kappa shape index (κ2) is 6.02. The predicted octanol–water partition coefficient (Wildman–Crippen LogP) is 3.55. The van der Waals surface area contributed by atoms with Gasteiger partial charge >= 0.3 is 14.2 Å². The lowest BCUT2D eigenvalue weighted by atomic mass is 9.88. The van der Waals surface area contributed by atoms with Crippen molar-refractivity contribution < 1.29 is 18.6 Å². The standard InChI is InChI=1S/C18H20B2O4S2/c1-11-17(3,4)23-19(21-11)15-9-7-13(25-15)14-8-10-16(26-14)20-22-12(2)18(5,6)24-20/h7-10H,1-2H2,3-6H3. The van der Waals surface area contributed by atoms with Gasteiger partial charge < -0.3 is 18.6 Å². The zero-order valence-electron chi connectivity index (χ0n) is 15.3. The van der Waals surface area contributed by atoms with E-state index in [1.807, 2.05) is 39.8 Å². The number of thiophene rings is 2. The van der Waals surface area contributed by atoms with Crippen molar-refractivity contribution in [2.24, 2.45) is 0 Å². The van der Waals surface area contributed by atoms with Gasteiger partial charge in [0.15, 0.2) is 0 Å². The van der Waals surface area contributed by atoms with Crippen LogP contribution in [0.15, 0.2) is 48.9 Å². The molecule has 0 aromatic carbocycles. The SMILES string of the molecule is C=C1OB(c2ccc(-c3ccc(B4OC(=C)C(C)(C)O4)s3)s2)OC1(C)C. The van der Waals surface area contributed by atoms with Crippen LogP contribution < -0.4 is 9.55 Å². The Labute approximate surface area is 162 Å². The molecule has 0 amide bonds. The van der Waals surface area contributed by atoms with E-state index in [0.29, 0.717) is 11.5 Å². The van der Waals surface area contributed by atoms with Gasteiger partial charge in [0, 0.05) is 9.75 Å². The van der Waals surface area contributed by atoms with Crippen molar-refractivity contribution in [3.8, 4) is 9.75 Å². The molecule has 2 saturated heterocycles. The van der Waals surface area contributed by atoms with Gasteiger partial charge in [0.25, 0.3) is 0 Å². The molecule has 4 nitrogen and oxygen atoms in total. The Kier molecular flexibility index (Phi) is 4.15. The van der Waals surface area contributed by atoms with Crippen LogP contribution in [0.1, 0.15) is 27.7 Å². The fourth-order valence-electron chi connectivity index (χ4n) is 2.71. The summed E-state index contributed by atoms with van der Waals surface area (Å²) in [5, 5.41) is 0. The van der Waals surface area contributed by atoms with Crippen molar-refractivity contribution in [1.82, 2.24) is 0 Å². The van der Waals surface area contributed by atoms with E-state index in [-0.39, 0.29) is 14.2 Å². The largest absolute Gasteiger partial charge is 0.574 e. The Morgan fingerprint density at radius 3 is 1.42 bits per heavy atom. The fraction of sp³-hybridized carbons (Fsp3) is 0.333. The first-order valence-corrected chi connectivity index (χ1v) is 10.1. The predicted molar refractivity (Wildman–Crippen MR) is 109 cm³/mol. The first kappa shape index (κ1) is 17.9. The highest BCUT2D eigenvalue weighted by atomic mass is 32.1. The molecule has 0 saturated carbocycles. The summed E-state index contributed by atoms with van der Waals surface area (Å²) in [5.41, 5.74) is -0.922. The number of rotatable bonds is 3. The monoisotopic (exact) mass is 386 g/mol. The van der Waals surface area contributed by atoms with Crippen LogP contribution in [-0.2, 0) is 18.6 Å². The summed E-state index contributed by atoms with van der Waals surface area (Å²) in [6, 6.07) is 8.28. The number of hydrogen-bond donors (Lipinski definition) is 0. The zero-order valence-corrected chi connectivity index (χ0v) is 17.0. The van der Waals surface area contributed by atoms with Crippen LogP contribution in [0.3, 0.4) is 0 Å². The van der Waals surface area contributed by atoms with Crippen LogP contribution in [0.5, 0.6) is 0 Å². The van der Waals surface area contributed by atoms with Gasteiger partial charge in [-0.25, -0.2) is 0 Å². The van der Waals surface area contributed by atoms with Crippen LogP contribution in [0.25, 0.3) is 9.75 Å². The summed E-state index contributed by atoms with van der Waals surface area (Å²) in [7, 11) is -0.775. The Morgan fingerprint density at radius 1 is 0.731 bits per heavy atom. The van der Waals surface area contributed by atoms with Gasteiger partial charge in [0.2, 0.25) is 0 Å². The molecule has 0 spiro atoms. The molecule has 0 atom stereocenters. The van der Waals surface area contributed by atoms with Crippen molar-refractivity contribution >= 4 is 46.5 Å². The molecule has 0 N–H and O–H groups in total. The minimum absolute atomic E-state index is 0.388. The molecule has 8 heteroatoms. The van der Waals surface area contributed by atoms with E-state index in [1.165, 1.54) is 0 Å². The summed E-state index contributed by atoms with van der Waals surface area (Å²) < 4.78 is 25.5. The van der Waals surface area contributed by atoms with Crippen LogP contribution in [0.4, 0.5) is 0 Å². The third kappa shape index (κ3) is 3.05. The first-order chi connectivity index (χ1) is 12.2.